The van der Waals surface area contributed by atoms with E-state index in [1.807, 2.05) is 0 Å². The molecule has 0 radical (unpaired) electrons. The van der Waals surface area contributed by atoms with Crippen LogP contribution >= 0.6 is 0 Å². The van der Waals surface area contributed by atoms with Crippen molar-refractivity contribution in [2.24, 2.45) is 0 Å². The van der Waals surface area contributed by atoms with Crippen LogP contribution in [0.3, 0.4) is 0 Å². The van der Waals surface area contributed by atoms with Gasteiger partial charge in [0.15, 0.2) is 0 Å². The van der Waals surface area contributed by atoms with E-state index in [9.17, 15) is 0 Å². The van der Waals surface area contributed by atoms with E-state index in [4.69, 9.17) is 19.2 Å². The maximum Gasteiger partial charge on any atom is 2.00 e. The van der Waals surface area contributed by atoms with Gasteiger partial charge in [0.2, 0.25) is 0 Å². The van der Waals surface area contributed by atoms with Crippen molar-refractivity contribution in [3.63, 3.8) is 0 Å². The van der Waals surface area contributed by atoms with Gasteiger partial charge in [0.1, 0.15) is 0 Å². The molecule has 0 rings (SSSR count). The van der Waals surface area contributed by atoms with Crippen LogP contribution in [-0.4, -0.2) is 90.0 Å². The quantitative estimate of drug-likeness (QED) is 0.352. The van der Waals surface area contributed by atoms with Gasteiger partial charge in [-0.15, -0.1) is 0 Å². The van der Waals surface area contributed by atoms with Crippen LogP contribution < -0.4 is 19.2 Å². The minimum atomic E-state index is -5.61. The Morgan fingerprint density at radius 3 is 0.750 bits per heavy atom. The van der Waals surface area contributed by atoms with Crippen molar-refractivity contribution in [2.75, 3.05) is 0 Å². The van der Waals surface area contributed by atoms with E-state index in [-0.39, 0.29) is 81.0 Å². The van der Waals surface area contributed by atoms with Crippen molar-refractivity contribution >= 4 is 84.5 Å². The van der Waals surface area contributed by atoms with Crippen LogP contribution in [0, 0.1) is 0 Å². The van der Waals surface area contributed by atoms with Crippen molar-refractivity contribution in [1.82, 2.24) is 0 Å². The van der Waals surface area contributed by atoms with Crippen LogP contribution in [0.5, 0.6) is 0 Å². The molecule has 0 atom stereocenters. The molecular weight excluding hydrogens is 188 g/mol. The monoisotopic (exact) mass is 190 g/mol. The number of rotatable bonds is 0. The molecule has 0 amide bonds. The minimum Gasteiger partial charge on any atom is -0.894 e. The molecule has 2 N–H and O–H groups in total. The summed E-state index contributed by atoms with van der Waals surface area (Å²) in [5, 5.41) is 0. The molecule has 0 aliphatic carbocycles. The molecule has 0 heterocycles. The topological polar surface area (TPSA) is 124 Å². The molecule has 0 fully saturated rings. The van der Waals surface area contributed by atoms with Crippen LogP contribution in [0.1, 0.15) is 0 Å². The standard InChI is InChI=1S/2Ca.O4Si.H2O/c;;1-5(2,3)4;/h;;;1H2/q2*+2;-4;. The molecule has 8 heavy (non-hydrogen) atoms. The first kappa shape index (κ1) is 22.4. The van der Waals surface area contributed by atoms with Gasteiger partial charge in [0, 0.05) is 0 Å². The molecule has 0 aliphatic rings. The Hall–Kier alpha value is 2.54. The van der Waals surface area contributed by atoms with Gasteiger partial charge >= 0.3 is 75.5 Å². The third-order valence-corrected chi connectivity index (χ3v) is 0. The summed E-state index contributed by atoms with van der Waals surface area (Å²) in [4.78, 5) is 34.3. The van der Waals surface area contributed by atoms with Gasteiger partial charge in [0.05, 0.1) is 0 Å². The van der Waals surface area contributed by atoms with E-state index in [0.717, 1.165) is 0 Å². The normalized spacial score (nSPS) is 7.50. The van der Waals surface area contributed by atoms with E-state index in [1.165, 1.54) is 0 Å². The van der Waals surface area contributed by atoms with Crippen molar-refractivity contribution < 1.29 is 24.7 Å². The number of hydrogen-bond acceptors (Lipinski definition) is 4. The molecule has 0 spiro atoms. The second-order valence-electron chi connectivity index (χ2n) is 0.500. The van der Waals surface area contributed by atoms with E-state index >= 15 is 0 Å². The van der Waals surface area contributed by atoms with Crippen molar-refractivity contribution in [3.8, 4) is 0 Å². The second-order valence-corrected chi connectivity index (χ2v) is 1.50. The van der Waals surface area contributed by atoms with Gasteiger partial charge in [-0.25, -0.2) is 0 Å². The van der Waals surface area contributed by atoms with E-state index in [2.05, 4.69) is 0 Å². The molecule has 0 bridgehead atoms. The third-order valence-electron chi connectivity index (χ3n) is 0. The van der Waals surface area contributed by atoms with Gasteiger partial charge in [-0.1, -0.05) is 0 Å². The first-order chi connectivity index (χ1) is 2.00. The van der Waals surface area contributed by atoms with Gasteiger partial charge in [-0.05, 0) is 0 Å². The minimum absolute atomic E-state index is 0. The van der Waals surface area contributed by atoms with E-state index < -0.39 is 9.05 Å². The van der Waals surface area contributed by atoms with E-state index in [0.29, 0.717) is 0 Å². The molecule has 0 aromatic carbocycles. The zero-order chi connectivity index (χ0) is 4.50. The summed E-state index contributed by atoms with van der Waals surface area (Å²) in [6.07, 6.45) is 0. The van der Waals surface area contributed by atoms with Crippen LogP contribution in [-0.2, 0) is 0 Å². The van der Waals surface area contributed by atoms with Gasteiger partial charge in [0.25, 0.3) is 0 Å². The Morgan fingerprint density at radius 1 is 0.750 bits per heavy atom. The summed E-state index contributed by atoms with van der Waals surface area (Å²) in [6.45, 7) is 0. The summed E-state index contributed by atoms with van der Waals surface area (Å²) >= 11 is 0. The Balaban J connectivity index is -0.0000000267. The van der Waals surface area contributed by atoms with Crippen LogP contribution in [0.2, 0.25) is 0 Å². The van der Waals surface area contributed by atoms with Crippen molar-refractivity contribution in [1.29, 1.82) is 0 Å². The van der Waals surface area contributed by atoms with Gasteiger partial charge in [-0.3, -0.25) is 0 Å². The van der Waals surface area contributed by atoms with Gasteiger partial charge in [-0.2, -0.15) is 0 Å². The SMILES string of the molecule is O.[Ca+2].[Ca+2].[O-][Si]([O-])([O-])[O-]. The Labute approximate surface area is 107 Å². The molecule has 0 aromatic heterocycles. The Kier molecular flexibility index (Phi) is 26.7. The second kappa shape index (κ2) is 9.54. The summed E-state index contributed by atoms with van der Waals surface area (Å²) in [5.74, 6) is 0. The summed E-state index contributed by atoms with van der Waals surface area (Å²) < 4.78 is 0. The molecule has 0 saturated heterocycles. The first-order valence-corrected chi connectivity index (χ1v) is 2.45. The van der Waals surface area contributed by atoms with Gasteiger partial charge < -0.3 is 33.7 Å². The molecule has 40 valence electrons. The zero-order valence-corrected chi connectivity index (χ0v) is 9.46. The third kappa shape index (κ3) is 75.4. The Morgan fingerprint density at radius 2 is 0.750 bits per heavy atom. The molecule has 0 aromatic rings. The maximum absolute atomic E-state index is 8.58. The molecular formula is H2Ca2O5Si. The number of hydrogen-bond donors (Lipinski definition) is 0. The zero-order valence-electron chi connectivity index (χ0n) is 4.05. The smallest absolute Gasteiger partial charge is 0.894 e. The molecule has 0 saturated carbocycles. The summed E-state index contributed by atoms with van der Waals surface area (Å²) in [5.41, 5.74) is 0. The van der Waals surface area contributed by atoms with Crippen LogP contribution in [0.4, 0.5) is 0 Å². The van der Waals surface area contributed by atoms with Crippen LogP contribution in [0.15, 0.2) is 0 Å². The fraction of sp³-hybridized carbons (Fsp3) is 0. The van der Waals surface area contributed by atoms with Crippen molar-refractivity contribution in [3.05, 3.63) is 0 Å². The predicted octanol–water partition coefficient (Wildman–Crippen LogP) is -6.72. The first-order valence-electron chi connectivity index (χ1n) is 0.816. The fourth-order valence-electron chi connectivity index (χ4n) is 0. The van der Waals surface area contributed by atoms with Crippen molar-refractivity contribution in [2.45, 2.75) is 0 Å². The average Bonchev–Trinajstić information content (AvgIpc) is 0.722. The summed E-state index contributed by atoms with van der Waals surface area (Å²) in [7, 11) is -5.61. The summed E-state index contributed by atoms with van der Waals surface area (Å²) in [6, 6.07) is 0. The molecule has 8 heteroatoms. The van der Waals surface area contributed by atoms with Crippen LogP contribution in [0.25, 0.3) is 0 Å². The Bertz CT molecular complexity index is 25.9. The predicted molar refractivity (Wildman–Crippen MR) is 20.9 cm³/mol. The van der Waals surface area contributed by atoms with E-state index in [1.54, 1.807) is 0 Å². The molecule has 0 aliphatic heterocycles. The largest absolute Gasteiger partial charge is 2.00 e. The fourth-order valence-corrected chi connectivity index (χ4v) is 0. The molecule has 5 nitrogen and oxygen atoms in total. The average molecular weight is 190 g/mol. The maximum atomic E-state index is 8.58. The molecule has 0 unspecified atom stereocenters.